The van der Waals surface area contributed by atoms with Gasteiger partial charge in [0.15, 0.2) is 5.03 Å². The number of aryl methyl sites for hydroxylation is 1. The average Bonchev–Trinajstić information content (AvgIpc) is 2.89. The van der Waals surface area contributed by atoms with Crippen molar-refractivity contribution < 1.29 is 13.5 Å². The van der Waals surface area contributed by atoms with E-state index in [1.807, 2.05) is 6.92 Å². The highest BCUT2D eigenvalue weighted by atomic mass is 32.2. The standard InChI is InChI=1S/C12H16N4O3S/c1-2-11-14-7-12(16-11)20(18,19)15-6-8-5-9(13)3-4-10(8)17/h3-5,7,15,17H,2,6,13H2,1H3,(H,14,16). The number of phenols is 1. The zero-order chi connectivity index (χ0) is 14.8. The van der Waals surface area contributed by atoms with Crippen LogP contribution in [0.3, 0.4) is 0 Å². The van der Waals surface area contributed by atoms with Crippen molar-refractivity contribution in [1.82, 2.24) is 14.7 Å². The van der Waals surface area contributed by atoms with Crippen molar-refractivity contribution in [2.45, 2.75) is 24.9 Å². The topological polar surface area (TPSA) is 121 Å². The van der Waals surface area contributed by atoms with Crippen LogP contribution in [0.1, 0.15) is 18.3 Å². The van der Waals surface area contributed by atoms with Gasteiger partial charge in [-0.1, -0.05) is 6.92 Å². The molecule has 1 aromatic carbocycles. The summed E-state index contributed by atoms with van der Waals surface area (Å²) in [5.74, 6) is 0.581. The van der Waals surface area contributed by atoms with Gasteiger partial charge >= 0.3 is 0 Å². The summed E-state index contributed by atoms with van der Waals surface area (Å²) in [5.41, 5.74) is 6.45. The molecule has 2 rings (SSSR count). The molecule has 5 N–H and O–H groups in total. The van der Waals surface area contributed by atoms with Crippen molar-refractivity contribution in [2.75, 3.05) is 5.73 Å². The molecule has 8 heteroatoms. The molecule has 0 atom stereocenters. The number of phenolic OH excluding ortho intramolecular Hbond substituents is 1. The molecule has 108 valence electrons. The van der Waals surface area contributed by atoms with Crippen LogP contribution in [0.4, 0.5) is 5.69 Å². The monoisotopic (exact) mass is 296 g/mol. The van der Waals surface area contributed by atoms with Crippen LogP contribution in [0.5, 0.6) is 5.75 Å². The maximum atomic E-state index is 12.0. The fourth-order valence-corrected chi connectivity index (χ4v) is 2.60. The molecule has 0 fully saturated rings. The smallest absolute Gasteiger partial charge is 0.257 e. The van der Waals surface area contributed by atoms with Gasteiger partial charge in [-0.2, -0.15) is 0 Å². The van der Waals surface area contributed by atoms with Gasteiger partial charge in [0.05, 0.1) is 6.20 Å². The van der Waals surface area contributed by atoms with E-state index in [-0.39, 0.29) is 17.3 Å². The van der Waals surface area contributed by atoms with Gasteiger partial charge < -0.3 is 15.8 Å². The molecular weight excluding hydrogens is 280 g/mol. The van der Waals surface area contributed by atoms with Crippen molar-refractivity contribution in [3.8, 4) is 5.75 Å². The van der Waals surface area contributed by atoms with Crippen molar-refractivity contribution >= 4 is 15.7 Å². The number of imidazole rings is 1. The van der Waals surface area contributed by atoms with Crippen LogP contribution in [0.2, 0.25) is 0 Å². The summed E-state index contributed by atoms with van der Waals surface area (Å²) in [6.07, 6.45) is 1.88. The van der Waals surface area contributed by atoms with E-state index >= 15 is 0 Å². The molecule has 20 heavy (non-hydrogen) atoms. The summed E-state index contributed by atoms with van der Waals surface area (Å²) in [5, 5.41) is 9.63. The first-order valence-corrected chi connectivity index (χ1v) is 7.51. The van der Waals surface area contributed by atoms with Crippen LogP contribution >= 0.6 is 0 Å². The maximum absolute atomic E-state index is 12.0. The largest absolute Gasteiger partial charge is 0.508 e. The number of benzene rings is 1. The Morgan fingerprint density at radius 3 is 2.85 bits per heavy atom. The number of sulfonamides is 1. The lowest BCUT2D eigenvalue weighted by atomic mass is 10.2. The second-order valence-electron chi connectivity index (χ2n) is 4.26. The summed E-state index contributed by atoms with van der Waals surface area (Å²) in [6.45, 7) is 1.81. The van der Waals surface area contributed by atoms with Gasteiger partial charge in [-0.15, -0.1) is 0 Å². The number of H-pyrrole nitrogens is 1. The van der Waals surface area contributed by atoms with Crippen LogP contribution in [-0.4, -0.2) is 23.5 Å². The Hall–Kier alpha value is -2.06. The molecule has 1 aromatic heterocycles. The highest BCUT2D eigenvalue weighted by molar-refractivity contribution is 7.89. The van der Waals surface area contributed by atoms with Gasteiger partial charge in [-0.25, -0.2) is 18.1 Å². The minimum absolute atomic E-state index is 0.00209. The van der Waals surface area contributed by atoms with Gasteiger partial charge in [0.2, 0.25) is 0 Å². The molecule has 0 saturated heterocycles. The molecule has 0 bridgehead atoms. The quantitative estimate of drug-likeness (QED) is 0.479. The fourth-order valence-electron chi connectivity index (χ4n) is 1.66. The SMILES string of the molecule is CCc1ncc(S(=O)(=O)NCc2cc(N)ccc2O)[nH]1. The number of aromatic hydroxyl groups is 1. The van der Waals surface area contributed by atoms with Crippen LogP contribution in [0.15, 0.2) is 29.4 Å². The normalized spacial score (nSPS) is 11.7. The van der Waals surface area contributed by atoms with Gasteiger partial charge in [0.25, 0.3) is 10.0 Å². The summed E-state index contributed by atoms with van der Waals surface area (Å²) in [4.78, 5) is 6.66. The number of anilines is 1. The van der Waals surface area contributed by atoms with Gasteiger partial charge in [-0.3, -0.25) is 0 Å². The minimum atomic E-state index is -3.70. The van der Waals surface area contributed by atoms with Gasteiger partial charge in [0.1, 0.15) is 11.6 Å². The van der Waals surface area contributed by atoms with E-state index in [0.717, 1.165) is 0 Å². The second-order valence-corrected chi connectivity index (χ2v) is 6.00. The molecule has 0 radical (unpaired) electrons. The first-order chi connectivity index (χ1) is 9.42. The molecule has 2 aromatic rings. The zero-order valence-electron chi connectivity index (χ0n) is 10.9. The molecule has 0 saturated carbocycles. The van der Waals surface area contributed by atoms with E-state index in [4.69, 9.17) is 5.73 Å². The highest BCUT2D eigenvalue weighted by Gasteiger charge is 2.17. The average molecular weight is 296 g/mol. The molecule has 0 aliphatic heterocycles. The lowest BCUT2D eigenvalue weighted by Gasteiger charge is -2.07. The van der Waals surface area contributed by atoms with E-state index in [0.29, 0.717) is 23.5 Å². The van der Waals surface area contributed by atoms with Crippen LogP contribution < -0.4 is 10.5 Å². The van der Waals surface area contributed by atoms with Crippen LogP contribution in [-0.2, 0) is 23.0 Å². The Bertz CT molecular complexity index is 709. The van der Waals surface area contributed by atoms with E-state index < -0.39 is 10.0 Å². The third-order valence-electron chi connectivity index (χ3n) is 2.79. The Balaban J connectivity index is 2.15. The molecule has 1 heterocycles. The van der Waals surface area contributed by atoms with Crippen molar-refractivity contribution in [3.63, 3.8) is 0 Å². The van der Waals surface area contributed by atoms with E-state index in [1.54, 1.807) is 0 Å². The van der Waals surface area contributed by atoms with E-state index in [1.165, 1.54) is 24.4 Å². The first kappa shape index (κ1) is 14.4. The minimum Gasteiger partial charge on any atom is -0.508 e. The summed E-state index contributed by atoms with van der Waals surface area (Å²) in [7, 11) is -3.70. The summed E-state index contributed by atoms with van der Waals surface area (Å²) in [6, 6.07) is 4.47. The number of rotatable bonds is 5. The number of nitrogens with zero attached hydrogens (tertiary/aromatic N) is 1. The molecule has 7 nitrogen and oxygen atoms in total. The third-order valence-corrected chi connectivity index (χ3v) is 4.10. The second kappa shape index (κ2) is 5.51. The fraction of sp³-hybridized carbons (Fsp3) is 0.250. The molecule has 0 aliphatic rings. The third kappa shape index (κ3) is 3.09. The number of hydrogen-bond donors (Lipinski definition) is 4. The highest BCUT2D eigenvalue weighted by Crippen LogP contribution is 2.20. The number of nitrogen functional groups attached to an aromatic ring is 1. The molecule has 0 amide bonds. The Morgan fingerprint density at radius 2 is 2.20 bits per heavy atom. The lowest BCUT2D eigenvalue weighted by molar-refractivity contribution is 0.467. The van der Waals surface area contributed by atoms with Crippen LogP contribution in [0, 0.1) is 0 Å². The molecule has 0 unspecified atom stereocenters. The van der Waals surface area contributed by atoms with Crippen molar-refractivity contribution in [3.05, 3.63) is 35.8 Å². The zero-order valence-corrected chi connectivity index (χ0v) is 11.7. The number of nitrogens with two attached hydrogens (primary N) is 1. The Morgan fingerprint density at radius 1 is 1.45 bits per heavy atom. The van der Waals surface area contributed by atoms with Gasteiger partial charge in [0, 0.05) is 24.2 Å². The van der Waals surface area contributed by atoms with E-state index in [9.17, 15) is 13.5 Å². The molecular formula is C12H16N4O3S. The predicted octanol–water partition coefficient (Wildman–Crippen LogP) is 0.738. The van der Waals surface area contributed by atoms with Gasteiger partial charge in [-0.05, 0) is 18.2 Å². The molecule has 0 spiro atoms. The van der Waals surface area contributed by atoms with Crippen LogP contribution in [0.25, 0.3) is 0 Å². The lowest BCUT2D eigenvalue weighted by Crippen LogP contribution is -2.23. The number of hydrogen-bond acceptors (Lipinski definition) is 5. The number of aromatic nitrogens is 2. The number of nitrogens with one attached hydrogen (secondary N) is 2. The van der Waals surface area contributed by atoms with Crippen molar-refractivity contribution in [2.24, 2.45) is 0 Å². The predicted molar refractivity (Wildman–Crippen MR) is 74.5 cm³/mol. The van der Waals surface area contributed by atoms with E-state index in [2.05, 4.69) is 14.7 Å². The Labute approximate surface area is 116 Å². The van der Waals surface area contributed by atoms with Crippen molar-refractivity contribution in [1.29, 1.82) is 0 Å². The summed E-state index contributed by atoms with van der Waals surface area (Å²) < 4.78 is 26.5. The summed E-state index contributed by atoms with van der Waals surface area (Å²) >= 11 is 0. The molecule has 0 aliphatic carbocycles. The Kier molecular flexibility index (Phi) is 3.96. The first-order valence-electron chi connectivity index (χ1n) is 6.03. The number of aromatic amines is 1. The maximum Gasteiger partial charge on any atom is 0.257 e.